The number of amides is 1. The second-order valence-corrected chi connectivity index (χ2v) is 7.32. The molecule has 1 aliphatic rings. The fourth-order valence-electron chi connectivity index (χ4n) is 3.74. The van der Waals surface area contributed by atoms with Crippen molar-refractivity contribution in [3.63, 3.8) is 0 Å². The fraction of sp³-hybridized carbons (Fsp3) is 0.208. The fourth-order valence-corrected chi connectivity index (χ4v) is 3.74. The van der Waals surface area contributed by atoms with E-state index < -0.39 is 23.5 Å². The third-order valence-electron chi connectivity index (χ3n) is 5.24. The minimum atomic E-state index is -0.856. The standard InChI is InChI=1S/C24H23N3O5/c1-2-14-31-18-8-6-17(7-9-18)22(28)20-21(19-5-3-15-32-19)27(24(30)23(20)29)12-4-11-26-13-10-25-16-26/h2-3,5-10,13,15-16,21H,1,4,11-12,14H2,(H,28,29). The molecule has 1 fully saturated rings. The Balaban J connectivity index is 1.64. The van der Waals surface area contributed by atoms with Crippen LogP contribution in [-0.2, 0) is 16.1 Å². The third kappa shape index (κ3) is 4.20. The molecular formula is C24H23N3O5. The van der Waals surface area contributed by atoms with E-state index in [2.05, 4.69) is 11.6 Å². The summed E-state index contributed by atoms with van der Waals surface area (Å²) in [5.41, 5.74) is 0.201. The molecule has 0 spiro atoms. The highest BCUT2D eigenvalue weighted by atomic mass is 16.5. The molecule has 3 heterocycles. The molecular weight excluding hydrogens is 410 g/mol. The van der Waals surface area contributed by atoms with Gasteiger partial charge in [-0.2, -0.15) is 0 Å². The highest BCUT2D eigenvalue weighted by Gasteiger charge is 2.45. The molecule has 0 bridgehead atoms. The molecule has 164 valence electrons. The van der Waals surface area contributed by atoms with E-state index in [0.717, 1.165) is 0 Å². The molecule has 1 amide bonds. The van der Waals surface area contributed by atoms with Gasteiger partial charge in [-0.05, 0) is 29.8 Å². The topological polar surface area (TPSA) is 102 Å². The van der Waals surface area contributed by atoms with Crippen LogP contribution < -0.4 is 14.4 Å². The van der Waals surface area contributed by atoms with Crippen molar-refractivity contribution < 1.29 is 28.4 Å². The summed E-state index contributed by atoms with van der Waals surface area (Å²) in [5.74, 6) is -1.03. The number of nitrogens with one attached hydrogen (secondary N) is 1. The Morgan fingerprint density at radius 3 is 2.75 bits per heavy atom. The molecule has 1 unspecified atom stereocenters. The summed E-state index contributed by atoms with van der Waals surface area (Å²) in [7, 11) is 0. The van der Waals surface area contributed by atoms with Gasteiger partial charge in [0, 0.05) is 18.5 Å². The lowest BCUT2D eigenvalue weighted by atomic mass is 9.99. The molecule has 8 heteroatoms. The summed E-state index contributed by atoms with van der Waals surface area (Å²) < 4.78 is 12.9. The van der Waals surface area contributed by atoms with Gasteiger partial charge in [-0.1, -0.05) is 30.5 Å². The molecule has 0 aliphatic carbocycles. The molecule has 1 atom stereocenters. The average molecular weight is 433 g/mol. The first-order valence-electron chi connectivity index (χ1n) is 10.3. The smallest absolute Gasteiger partial charge is 0.295 e. The molecule has 0 radical (unpaired) electrons. The van der Waals surface area contributed by atoms with Crippen LogP contribution in [0.5, 0.6) is 5.75 Å². The van der Waals surface area contributed by atoms with E-state index in [-0.39, 0.29) is 5.57 Å². The first-order chi connectivity index (χ1) is 15.6. The second kappa shape index (κ2) is 9.38. The molecule has 4 rings (SSSR count). The zero-order valence-corrected chi connectivity index (χ0v) is 17.4. The summed E-state index contributed by atoms with van der Waals surface area (Å²) in [4.78, 5) is 30.1. The van der Waals surface area contributed by atoms with Crippen LogP contribution in [0.3, 0.4) is 0 Å². The highest BCUT2D eigenvalue weighted by molar-refractivity contribution is 6.46. The van der Waals surface area contributed by atoms with Crippen LogP contribution in [0.1, 0.15) is 23.8 Å². The SMILES string of the molecule is C=CCOc1ccc(C([O-])=C2C(=O)C(=O)N(CCC[n+]3cc[nH]c3)C2c2ccco2)cc1. The molecule has 32 heavy (non-hydrogen) atoms. The predicted octanol–water partition coefficient (Wildman–Crippen LogP) is 1.77. The number of imidazole rings is 1. The van der Waals surface area contributed by atoms with Crippen LogP contribution in [-0.4, -0.2) is 34.7 Å². The van der Waals surface area contributed by atoms with E-state index in [1.165, 1.54) is 11.2 Å². The summed E-state index contributed by atoms with van der Waals surface area (Å²) >= 11 is 0. The summed E-state index contributed by atoms with van der Waals surface area (Å²) in [6, 6.07) is 8.93. The van der Waals surface area contributed by atoms with Crippen LogP contribution >= 0.6 is 0 Å². The Labute approximate surface area is 185 Å². The number of carbonyl (C=O) groups excluding carboxylic acids is 2. The molecule has 0 saturated carbocycles. The Bertz CT molecular complexity index is 1120. The number of furan rings is 1. The number of likely N-dealkylation sites (tertiary alicyclic amines) is 1. The number of nitrogens with zero attached hydrogens (tertiary/aromatic N) is 2. The maximum atomic E-state index is 13.3. The molecule has 1 aromatic carbocycles. The monoisotopic (exact) mass is 433 g/mol. The summed E-state index contributed by atoms with van der Waals surface area (Å²) in [5, 5.41) is 13.3. The van der Waals surface area contributed by atoms with Gasteiger partial charge in [-0.15, -0.1) is 0 Å². The van der Waals surface area contributed by atoms with Gasteiger partial charge in [0.05, 0.1) is 12.8 Å². The molecule has 3 aromatic rings. The van der Waals surface area contributed by atoms with Crippen molar-refractivity contribution in [1.29, 1.82) is 0 Å². The third-order valence-corrected chi connectivity index (χ3v) is 5.24. The van der Waals surface area contributed by atoms with Gasteiger partial charge < -0.3 is 19.2 Å². The van der Waals surface area contributed by atoms with Gasteiger partial charge in [0.15, 0.2) is 0 Å². The number of benzene rings is 1. The van der Waals surface area contributed by atoms with Crippen LogP contribution in [0.25, 0.3) is 5.76 Å². The first kappa shape index (κ1) is 21.2. The lowest BCUT2D eigenvalue weighted by Crippen LogP contribution is -2.36. The molecule has 1 N–H and O–H groups in total. The maximum Gasteiger partial charge on any atom is 0.295 e. The Hall–Kier alpha value is -4.07. The van der Waals surface area contributed by atoms with Crippen LogP contribution in [0.4, 0.5) is 0 Å². The minimum absolute atomic E-state index is 0.0981. The lowest BCUT2D eigenvalue weighted by Gasteiger charge is -2.25. The van der Waals surface area contributed by atoms with Gasteiger partial charge in [0.2, 0.25) is 12.1 Å². The Kier molecular flexibility index (Phi) is 6.21. The van der Waals surface area contributed by atoms with Crippen molar-refractivity contribution in [1.82, 2.24) is 9.88 Å². The number of aryl methyl sites for hydroxylation is 1. The number of ketones is 1. The van der Waals surface area contributed by atoms with E-state index in [1.807, 2.05) is 17.1 Å². The first-order valence-corrected chi connectivity index (χ1v) is 10.3. The van der Waals surface area contributed by atoms with Crippen molar-refractivity contribution in [3.05, 3.63) is 90.9 Å². The quantitative estimate of drug-likeness (QED) is 0.182. The maximum absolute atomic E-state index is 13.3. The van der Waals surface area contributed by atoms with Crippen molar-refractivity contribution >= 4 is 17.4 Å². The van der Waals surface area contributed by atoms with E-state index in [1.54, 1.807) is 48.7 Å². The van der Waals surface area contributed by atoms with Gasteiger partial charge in [0.25, 0.3) is 5.91 Å². The van der Waals surface area contributed by atoms with Crippen molar-refractivity contribution in [3.8, 4) is 5.75 Å². The van der Waals surface area contributed by atoms with Gasteiger partial charge >= 0.3 is 0 Å². The number of hydrogen-bond acceptors (Lipinski definition) is 5. The van der Waals surface area contributed by atoms with Gasteiger partial charge in [-0.25, -0.2) is 4.57 Å². The predicted molar refractivity (Wildman–Crippen MR) is 113 cm³/mol. The number of ether oxygens (including phenoxy) is 1. The number of rotatable bonds is 9. The van der Waals surface area contributed by atoms with Crippen molar-refractivity contribution in [2.45, 2.75) is 19.0 Å². The highest BCUT2D eigenvalue weighted by Crippen LogP contribution is 2.39. The number of Topliss-reactive ketones (excluding diaryl/α,β-unsaturated/α-hetero) is 1. The van der Waals surface area contributed by atoms with Gasteiger partial charge in [-0.3, -0.25) is 14.6 Å². The second-order valence-electron chi connectivity index (χ2n) is 7.32. The number of H-pyrrole nitrogens is 1. The van der Waals surface area contributed by atoms with E-state index in [9.17, 15) is 14.7 Å². The molecule has 2 aromatic heterocycles. The normalized spacial score (nSPS) is 17.6. The summed E-state index contributed by atoms with van der Waals surface area (Å²) in [6.07, 6.45) is 9.18. The van der Waals surface area contributed by atoms with E-state index >= 15 is 0 Å². The summed E-state index contributed by atoms with van der Waals surface area (Å²) in [6.45, 7) is 4.90. The van der Waals surface area contributed by atoms with E-state index in [4.69, 9.17) is 9.15 Å². The number of carbonyl (C=O) groups is 2. The van der Waals surface area contributed by atoms with E-state index in [0.29, 0.717) is 43.2 Å². The largest absolute Gasteiger partial charge is 0.872 e. The molecule has 1 saturated heterocycles. The number of aromatic amines is 1. The minimum Gasteiger partial charge on any atom is -0.872 e. The van der Waals surface area contributed by atoms with Crippen molar-refractivity contribution in [2.24, 2.45) is 0 Å². The number of hydrogen-bond donors (Lipinski definition) is 1. The van der Waals surface area contributed by atoms with Gasteiger partial charge in [0.1, 0.15) is 36.6 Å². The molecule has 1 aliphatic heterocycles. The Morgan fingerprint density at radius 1 is 1.28 bits per heavy atom. The van der Waals surface area contributed by atoms with Crippen molar-refractivity contribution in [2.75, 3.05) is 13.2 Å². The van der Waals surface area contributed by atoms with Crippen LogP contribution in [0.15, 0.2) is 84.0 Å². The zero-order valence-electron chi connectivity index (χ0n) is 17.4. The average Bonchev–Trinajstić information content (AvgIpc) is 3.56. The Morgan fingerprint density at radius 2 is 2.09 bits per heavy atom. The van der Waals surface area contributed by atoms with Crippen LogP contribution in [0.2, 0.25) is 0 Å². The van der Waals surface area contributed by atoms with Crippen LogP contribution in [0, 0.1) is 0 Å². The lowest BCUT2D eigenvalue weighted by molar-refractivity contribution is -0.695. The number of aromatic nitrogens is 2. The zero-order chi connectivity index (χ0) is 22.5. The molecule has 8 nitrogen and oxygen atoms in total.